The van der Waals surface area contributed by atoms with E-state index in [4.69, 9.17) is 23.8 Å². The van der Waals surface area contributed by atoms with Crippen molar-refractivity contribution in [1.82, 2.24) is 24.1 Å². The first-order valence-electron chi connectivity index (χ1n) is 22.6. The van der Waals surface area contributed by atoms with Crippen LogP contribution in [0, 0.1) is 0 Å². The van der Waals surface area contributed by atoms with Crippen LogP contribution >= 0.6 is 0 Å². The number of phenols is 8. The van der Waals surface area contributed by atoms with Gasteiger partial charge in [0.1, 0.15) is 27.8 Å². The van der Waals surface area contributed by atoms with Crippen molar-refractivity contribution in [3.63, 3.8) is 0 Å². The molecule has 0 aliphatic carbocycles. The molecule has 0 amide bonds. The van der Waals surface area contributed by atoms with Gasteiger partial charge in [0.25, 0.3) is 0 Å². The lowest BCUT2D eigenvalue weighted by Crippen LogP contribution is -2.00. The Labute approximate surface area is 403 Å². The van der Waals surface area contributed by atoms with Crippen LogP contribution in [-0.2, 0) is 0 Å². The Balaban J connectivity index is 1.03. The summed E-state index contributed by atoms with van der Waals surface area (Å²) in [6, 6.07) is 47.7. The Bertz CT molecular complexity index is 4610. The van der Waals surface area contributed by atoms with Crippen LogP contribution in [0.1, 0.15) is 0 Å². The van der Waals surface area contributed by atoms with Crippen LogP contribution in [0.3, 0.4) is 0 Å². The van der Waals surface area contributed by atoms with E-state index in [0.717, 1.165) is 38.3 Å². The normalized spacial score (nSPS) is 12.1. The van der Waals surface area contributed by atoms with E-state index >= 15 is 0 Å². The van der Waals surface area contributed by atoms with Crippen LogP contribution in [0.5, 0.6) is 46.0 Å². The van der Waals surface area contributed by atoms with E-state index in [1.165, 1.54) is 4.57 Å². The predicted octanol–water partition coefficient (Wildman–Crippen LogP) is 12.5. The molecule has 0 atom stereocenters. The Morgan fingerprint density at radius 3 is 1.49 bits per heavy atom. The van der Waals surface area contributed by atoms with Crippen molar-refractivity contribution in [2.24, 2.45) is 0 Å². The number of nitrogens with zero attached hydrogens (tertiary/aromatic N) is 5. The molecule has 0 aliphatic heterocycles. The van der Waals surface area contributed by atoms with Gasteiger partial charge in [-0.25, -0.2) is 15.0 Å². The zero-order valence-corrected chi connectivity index (χ0v) is 37.1. The molecular formula is C57H33N5O10. The minimum atomic E-state index is -1.12. The third kappa shape index (κ3) is 5.35. The molecule has 0 fully saturated rings. The smallest absolute Gasteiger partial charge is 0.206 e. The molecule has 346 valence electrons. The van der Waals surface area contributed by atoms with Gasteiger partial charge in [-0.05, 0) is 42.5 Å². The molecule has 72 heavy (non-hydrogen) atoms. The minimum Gasteiger partial charge on any atom is -0.504 e. The third-order valence-electron chi connectivity index (χ3n) is 13.6. The number of para-hydroxylation sites is 3. The Morgan fingerprint density at radius 2 is 0.806 bits per heavy atom. The largest absolute Gasteiger partial charge is 0.504 e. The van der Waals surface area contributed by atoms with Gasteiger partial charge in [0.2, 0.25) is 23.0 Å². The maximum Gasteiger partial charge on any atom is 0.206 e. The molecule has 15 nitrogen and oxygen atoms in total. The van der Waals surface area contributed by atoms with E-state index in [0.29, 0.717) is 67.3 Å². The Kier molecular flexibility index (Phi) is 8.21. The van der Waals surface area contributed by atoms with Gasteiger partial charge in [-0.1, -0.05) is 109 Å². The minimum absolute atomic E-state index is 0.236. The van der Waals surface area contributed by atoms with Gasteiger partial charge in [0.15, 0.2) is 46.1 Å². The van der Waals surface area contributed by atoms with Gasteiger partial charge in [0, 0.05) is 49.0 Å². The van der Waals surface area contributed by atoms with Crippen molar-refractivity contribution < 1.29 is 49.7 Å². The maximum absolute atomic E-state index is 11.5. The second-order valence-corrected chi connectivity index (χ2v) is 17.5. The molecule has 8 N–H and O–H groups in total. The average Bonchev–Trinajstić information content (AvgIpc) is 4.19. The fourth-order valence-electron chi connectivity index (χ4n) is 10.6. The molecule has 14 rings (SSSR count). The summed E-state index contributed by atoms with van der Waals surface area (Å²) >= 11 is 0. The van der Waals surface area contributed by atoms with E-state index in [-0.39, 0.29) is 16.7 Å². The number of fused-ring (bicyclic) bond motifs is 12. The summed E-state index contributed by atoms with van der Waals surface area (Å²) in [6.45, 7) is 0. The summed E-state index contributed by atoms with van der Waals surface area (Å²) in [7, 11) is 0. The molecule has 0 spiro atoms. The second-order valence-electron chi connectivity index (χ2n) is 17.5. The predicted molar refractivity (Wildman–Crippen MR) is 273 cm³/mol. The van der Waals surface area contributed by atoms with Crippen LogP contribution in [0.4, 0.5) is 0 Å². The molecule has 5 heterocycles. The van der Waals surface area contributed by atoms with E-state index in [9.17, 15) is 40.9 Å². The fraction of sp³-hybridized carbons (Fsp3) is 0. The van der Waals surface area contributed by atoms with Crippen LogP contribution in [0.2, 0.25) is 0 Å². The Morgan fingerprint density at radius 1 is 0.319 bits per heavy atom. The van der Waals surface area contributed by atoms with Crippen LogP contribution in [0.25, 0.3) is 133 Å². The summed E-state index contributed by atoms with van der Waals surface area (Å²) in [5, 5.41) is 92.5. The molecule has 0 bridgehead atoms. The zero-order chi connectivity index (χ0) is 48.8. The van der Waals surface area contributed by atoms with Crippen molar-refractivity contribution in [1.29, 1.82) is 0 Å². The molecule has 0 radical (unpaired) electrons. The number of aromatic nitrogens is 5. The van der Waals surface area contributed by atoms with Crippen LogP contribution in [0.15, 0.2) is 160 Å². The molecule has 0 aliphatic rings. The number of hydrogen-bond acceptors (Lipinski definition) is 13. The summed E-state index contributed by atoms with van der Waals surface area (Å²) in [4.78, 5) is 15.4. The zero-order valence-electron chi connectivity index (χ0n) is 37.1. The van der Waals surface area contributed by atoms with Gasteiger partial charge < -0.3 is 58.8 Å². The number of phenolic OH excluding ortho intramolecular Hbond substituents is 8. The second kappa shape index (κ2) is 14.6. The Hall–Kier alpha value is -10.4. The van der Waals surface area contributed by atoms with Gasteiger partial charge in [0.05, 0.1) is 33.2 Å². The van der Waals surface area contributed by atoms with Crippen molar-refractivity contribution in [3.05, 3.63) is 152 Å². The number of rotatable bonds is 5. The highest BCUT2D eigenvalue weighted by atomic mass is 16.4. The number of furan rings is 2. The SMILES string of the molecule is Oc1c(O)c(O)c2c(c1O)c1c(O)c(O)c(O)c(O)c1n2-c1cccc2c1c1ccccc1n2-c1cccc2c1oc1cccc(-c3nc(-c4ccccc4)nc(-c4cccc5oc6ccccc6c45)n3)c12. The van der Waals surface area contributed by atoms with Gasteiger partial charge in [-0.15, -0.1) is 0 Å². The van der Waals surface area contributed by atoms with Gasteiger partial charge in [-0.2, -0.15) is 0 Å². The lowest BCUT2D eigenvalue weighted by Gasteiger charge is -2.14. The number of hydrogen-bond donors (Lipinski definition) is 8. The van der Waals surface area contributed by atoms with Gasteiger partial charge in [-0.3, -0.25) is 0 Å². The van der Waals surface area contributed by atoms with E-state index in [1.807, 2.05) is 144 Å². The lowest BCUT2D eigenvalue weighted by molar-refractivity contribution is 0.350. The van der Waals surface area contributed by atoms with E-state index < -0.39 is 56.8 Å². The quantitative estimate of drug-likeness (QED) is 0.0593. The highest BCUT2D eigenvalue weighted by molar-refractivity contribution is 6.23. The molecule has 14 aromatic rings. The summed E-state index contributed by atoms with van der Waals surface area (Å²) < 4.78 is 16.4. The van der Waals surface area contributed by atoms with Crippen molar-refractivity contribution in [3.8, 4) is 91.5 Å². The highest BCUT2D eigenvalue weighted by Crippen LogP contribution is 2.59. The monoisotopic (exact) mass is 947 g/mol. The molecule has 0 saturated heterocycles. The maximum atomic E-state index is 11.5. The molecule has 9 aromatic carbocycles. The molecule has 15 heteroatoms. The van der Waals surface area contributed by atoms with Gasteiger partial charge >= 0.3 is 0 Å². The topological polar surface area (TPSA) is 237 Å². The first-order chi connectivity index (χ1) is 35.1. The van der Waals surface area contributed by atoms with Crippen molar-refractivity contribution in [2.45, 2.75) is 0 Å². The molecule has 0 saturated carbocycles. The summed E-state index contributed by atoms with van der Waals surface area (Å²) in [5.74, 6) is -6.85. The first kappa shape index (κ1) is 40.6. The lowest BCUT2D eigenvalue weighted by atomic mass is 10.0. The summed E-state index contributed by atoms with van der Waals surface area (Å²) in [6.07, 6.45) is 0. The average molecular weight is 948 g/mol. The fourth-order valence-corrected chi connectivity index (χ4v) is 10.6. The molecule has 5 aromatic heterocycles. The van der Waals surface area contributed by atoms with E-state index in [1.54, 1.807) is 12.1 Å². The van der Waals surface area contributed by atoms with E-state index in [2.05, 4.69) is 0 Å². The highest BCUT2D eigenvalue weighted by Gasteiger charge is 2.33. The van der Waals surface area contributed by atoms with Crippen molar-refractivity contribution >= 4 is 87.5 Å². The summed E-state index contributed by atoms with van der Waals surface area (Å²) in [5.41, 5.74) is 6.22. The molecular weight excluding hydrogens is 915 g/mol. The molecule has 0 unspecified atom stereocenters. The standard InChI is InChI=1S/C57H33N5O10/c63-46-42-43-45(49(66)53(70)51(68)47(43)64)62(44(42)48(65)52(69)50(46)67)34-21-11-20-33-41(34)27-14-4-6-19-32(27)61(33)35-22-8-16-29-40-31(18-10-25-38(40)72-54(29)35)57-59-55(26-12-2-1-3-13-26)58-56(60-57)30-17-9-24-37-39(30)28-15-5-7-23-36(28)71-37/h1-25,63-70H. The third-order valence-corrected chi connectivity index (χ3v) is 13.6. The van der Waals surface area contributed by atoms with Crippen molar-refractivity contribution in [2.75, 3.05) is 0 Å². The number of aromatic hydroxyl groups is 8. The number of benzene rings is 9. The first-order valence-corrected chi connectivity index (χ1v) is 22.6. The van der Waals surface area contributed by atoms with Crippen LogP contribution in [-0.4, -0.2) is 64.9 Å². The van der Waals surface area contributed by atoms with Crippen LogP contribution < -0.4 is 0 Å².